The summed E-state index contributed by atoms with van der Waals surface area (Å²) in [5.41, 5.74) is 2.53. The van der Waals surface area contributed by atoms with Crippen molar-refractivity contribution in [2.24, 2.45) is 5.92 Å². The van der Waals surface area contributed by atoms with E-state index in [1.54, 1.807) is 6.20 Å². The first-order valence-corrected chi connectivity index (χ1v) is 7.15. The quantitative estimate of drug-likeness (QED) is 0.906. The lowest BCUT2D eigenvalue weighted by Gasteiger charge is -2.18. The smallest absolute Gasteiger partial charge is 0.257 e. The lowest BCUT2D eigenvalue weighted by Crippen LogP contribution is -2.29. The minimum atomic E-state index is 0.111. The topological polar surface area (TPSA) is 45.2 Å². The van der Waals surface area contributed by atoms with Crippen molar-refractivity contribution in [3.8, 4) is 0 Å². The molecule has 0 radical (unpaired) electrons. The van der Waals surface area contributed by atoms with Gasteiger partial charge in [0.15, 0.2) is 0 Å². The SMILES string of the molecule is CCNc1cc(C)ncc1C(=O)N1CCC(CC)C1. The Kier molecular flexibility index (Phi) is 4.40. The van der Waals surface area contributed by atoms with Crippen molar-refractivity contribution in [3.63, 3.8) is 0 Å². The lowest BCUT2D eigenvalue weighted by molar-refractivity contribution is 0.0787. The summed E-state index contributed by atoms with van der Waals surface area (Å²) >= 11 is 0. The number of carbonyl (C=O) groups is 1. The van der Waals surface area contributed by atoms with Crippen molar-refractivity contribution in [1.29, 1.82) is 0 Å². The fourth-order valence-electron chi connectivity index (χ4n) is 2.59. The Morgan fingerprint density at radius 1 is 1.53 bits per heavy atom. The molecule has 1 aromatic rings. The van der Waals surface area contributed by atoms with Crippen LogP contribution in [-0.4, -0.2) is 35.4 Å². The van der Waals surface area contributed by atoms with Crippen LogP contribution in [0, 0.1) is 12.8 Å². The highest BCUT2D eigenvalue weighted by molar-refractivity contribution is 5.99. The van der Waals surface area contributed by atoms with E-state index in [1.165, 1.54) is 0 Å². The molecule has 0 bridgehead atoms. The lowest BCUT2D eigenvalue weighted by atomic mass is 10.1. The summed E-state index contributed by atoms with van der Waals surface area (Å²) in [6.07, 6.45) is 3.98. The predicted molar refractivity (Wildman–Crippen MR) is 77.4 cm³/mol. The van der Waals surface area contributed by atoms with Crippen LogP contribution in [0.2, 0.25) is 0 Å². The summed E-state index contributed by atoms with van der Waals surface area (Å²) in [7, 11) is 0. The minimum Gasteiger partial charge on any atom is -0.385 e. The number of carbonyl (C=O) groups excluding carboxylic acids is 1. The molecule has 1 atom stereocenters. The van der Waals surface area contributed by atoms with E-state index in [0.29, 0.717) is 11.5 Å². The third-order valence-corrected chi connectivity index (χ3v) is 3.79. The number of anilines is 1. The second kappa shape index (κ2) is 6.04. The van der Waals surface area contributed by atoms with E-state index >= 15 is 0 Å². The van der Waals surface area contributed by atoms with Crippen molar-refractivity contribution < 1.29 is 4.79 Å². The van der Waals surface area contributed by atoms with Crippen molar-refractivity contribution in [1.82, 2.24) is 9.88 Å². The number of hydrogen-bond donors (Lipinski definition) is 1. The molecular weight excluding hydrogens is 238 g/mol. The highest BCUT2D eigenvalue weighted by Gasteiger charge is 2.27. The molecule has 0 saturated carbocycles. The molecule has 0 aromatic carbocycles. The van der Waals surface area contributed by atoms with E-state index in [4.69, 9.17) is 0 Å². The average molecular weight is 261 g/mol. The monoisotopic (exact) mass is 261 g/mol. The number of aromatic nitrogens is 1. The molecule has 4 heteroatoms. The van der Waals surface area contributed by atoms with Crippen molar-refractivity contribution in [2.45, 2.75) is 33.6 Å². The molecule has 1 N–H and O–H groups in total. The van der Waals surface area contributed by atoms with Gasteiger partial charge in [-0.3, -0.25) is 9.78 Å². The molecule has 1 fully saturated rings. The molecule has 1 unspecified atom stereocenters. The molecule has 1 saturated heterocycles. The van der Waals surface area contributed by atoms with E-state index in [9.17, 15) is 4.79 Å². The summed E-state index contributed by atoms with van der Waals surface area (Å²) in [4.78, 5) is 18.8. The van der Waals surface area contributed by atoms with Crippen molar-refractivity contribution >= 4 is 11.6 Å². The van der Waals surface area contributed by atoms with Gasteiger partial charge in [0.25, 0.3) is 5.91 Å². The van der Waals surface area contributed by atoms with Gasteiger partial charge < -0.3 is 10.2 Å². The largest absolute Gasteiger partial charge is 0.385 e. The number of rotatable bonds is 4. The van der Waals surface area contributed by atoms with Crippen molar-refractivity contribution in [3.05, 3.63) is 23.5 Å². The van der Waals surface area contributed by atoms with Gasteiger partial charge in [-0.25, -0.2) is 0 Å². The number of nitrogens with zero attached hydrogens (tertiary/aromatic N) is 2. The van der Waals surface area contributed by atoms with Gasteiger partial charge in [0, 0.05) is 31.5 Å². The van der Waals surface area contributed by atoms with Crippen LogP contribution < -0.4 is 5.32 Å². The van der Waals surface area contributed by atoms with Gasteiger partial charge in [-0.15, -0.1) is 0 Å². The molecule has 1 aliphatic rings. The van der Waals surface area contributed by atoms with E-state index in [0.717, 1.165) is 43.9 Å². The fraction of sp³-hybridized carbons (Fsp3) is 0.600. The van der Waals surface area contributed by atoms with Gasteiger partial charge in [-0.05, 0) is 32.3 Å². The molecular formula is C15H23N3O. The number of hydrogen-bond acceptors (Lipinski definition) is 3. The summed E-state index contributed by atoms with van der Waals surface area (Å²) in [6.45, 7) is 8.73. The van der Waals surface area contributed by atoms with Gasteiger partial charge in [-0.1, -0.05) is 13.3 Å². The summed E-state index contributed by atoms with van der Waals surface area (Å²) in [6, 6.07) is 1.95. The van der Waals surface area contributed by atoms with Crippen LogP contribution in [0.4, 0.5) is 5.69 Å². The molecule has 104 valence electrons. The summed E-state index contributed by atoms with van der Waals surface area (Å²) in [5.74, 6) is 0.768. The molecule has 0 spiro atoms. The maximum Gasteiger partial charge on any atom is 0.257 e. The average Bonchev–Trinajstić information content (AvgIpc) is 2.87. The Morgan fingerprint density at radius 2 is 2.32 bits per heavy atom. The van der Waals surface area contributed by atoms with Gasteiger partial charge in [0.05, 0.1) is 11.3 Å². The Labute approximate surface area is 115 Å². The molecule has 0 aliphatic carbocycles. The molecule has 19 heavy (non-hydrogen) atoms. The highest BCUT2D eigenvalue weighted by atomic mass is 16.2. The number of amides is 1. The van der Waals surface area contributed by atoms with Crippen LogP contribution in [0.25, 0.3) is 0 Å². The Hall–Kier alpha value is -1.58. The van der Waals surface area contributed by atoms with E-state index in [1.807, 2.05) is 24.8 Å². The fourth-order valence-corrected chi connectivity index (χ4v) is 2.59. The zero-order valence-electron chi connectivity index (χ0n) is 12.1. The standard InChI is InChI=1S/C15H23N3O/c1-4-12-6-7-18(10-12)15(19)13-9-17-11(3)8-14(13)16-5-2/h8-9,12H,4-7,10H2,1-3H3,(H,16,17). The molecule has 2 heterocycles. The zero-order valence-corrected chi connectivity index (χ0v) is 12.1. The number of aryl methyl sites for hydroxylation is 1. The van der Waals surface area contributed by atoms with Crippen LogP contribution in [0.1, 0.15) is 42.7 Å². The van der Waals surface area contributed by atoms with E-state index in [-0.39, 0.29) is 5.91 Å². The highest BCUT2D eigenvalue weighted by Crippen LogP contribution is 2.24. The number of nitrogens with one attached hydrogen (secondary N) is 1. The summed E-state index contributed by atoms with van der Waals surface area (Å²) in [5, 5.41) is 3.26. The first-order chi connectivity index (χ1) is 9.15. The second-order valence-electron chi connectivity index (χ2n) is 5.22. The molecule has 2 rings (SSSR count). The van der Waals surface area contributed by atoms with Crippen molar-refractivity contribution in [2.75, 3.05) is 25.0 Å². The van der Waals surface area contributed by atoms with Crippen LogP contribution >= 0.6 is 0 Å². The molecule has 1 aliphatic heterocycles. The minimum absolute atomic E-state index is 0.111. The third kappa shape index (κ3) is 3.06. The maximum atomic E-state index is 12.6. The van der Waals surface area contributed by atoms with Gasteiger partial charge >= 0.3 is 0 Å². The van der Waals surface area contributed by atoms with Crippen LogP contribution in [0.3, 0.4) is 0 Å². The van der Waals surface area contributed by atoms with Crippen LogP contribution in [0.5, 0.6) is 0 Å². The normalized spacial score (nSPS) is 18.7. The second-order valence-corrected chi connectivity index (χ2v) is 5.22. The summed E-state index contributed by atoms with van der Waals surface area (Å²) < 4.78 is 0. The zero-order chi connectivity index (χ0) is 13.8. The number of pyridine rings is 1. The third-order valence-electron chi connectivity index (χ3n) is 3.79. The van der Waals surface area contributed by atoms with E-state index < -0.39 is 0 Å². The van der Waals surface area contributed by atoms with Gasteiger partial charge in [0.1, 0.15) is 0 Å². The van der Waals surface area contributed by atoms with Gasteiger partial charge in [-0.2, -0.15) is 0 Å². The predicted octanol–water partition coefficient (Wildman–Crippen LogP) is 2.69. The maximum absolute atomic E-state index is 12.6. The molecule has 4 nitrogen and oxygen atoms in total. The first-order valence-electron chi connectivity index (χ1n) is 7.15. The Bertz CT molecular complexity index is 459. The van der Waals surface area contributed by atoms with Gasteiger partial charge in [0.2, 0.25) is 0 Å². The van der Waals surface area contributed by atoms with E-state index in [2.05, 4.69) is 17.2 Å². The number of likely N-dealkylation sites (tertiary alicyclic amines) is 1. The van der Waals surface area contributed by atoms with Crippen LogP contribution in [0.15, 0.2) is 12.3 Å². The van der Waals surface area contributed by atoms with Crippen LogP contribution in [-0.2, 0) is 0 Å². The Morgan fingerprint density at radius 3 is 2.95 bits per heavy atom. The molecule has 1 aromatic heterocycles. The first kappa shape index (κ1) is 13.8. The molecule has 1 amide bonds. The Balaban J connectivity index is 2.19.